The first-order valence-corrected chi connectivity index (χ1v) is 8.59. The van der Waals surface area contributed by atoms with E-state index in [1.807, 2.05) is 17.0 Å². The van der Waals surface area contributed by atoms with Gasteiger partial charge in [-0.2, -0.15) is 5.26 Å². The maximum absolute atomic E-state index is 12.2. The highest BCUT2D eigenvalue weighted by Crippen LogP contribution is 2.23. The van der Waals surface area contributed by atoms with Gasteiger partial charge in [0.2, 0.25) is 5.91 Å². The SMILES string of the molecule is C=CCN(CC(=O)Nc1ccc(C#N)cc1)Cc1ccc(Br)s1. The van der Waals surface area contributed by atoms with Crippen molar-refractivity contribution in [3.8, 4) is 6.07 Å². The number of rotatable bonds is 7. The largest absolute Gasteiger partial charge is 0.325 e. The van der Waals surface area contributed by atoms with Crippen LogP contribution in [0.2, 0.25) is 0 Å². The van der Waals surface area contributed by atoms with E-state index in [1.54, 1.807) is 41.7 Å². The zero-order chi connectivity index (χ0) is 16.7. The van der Waals surface area contributed by atoms with Crippen LogP contribution in [0.25, 0.3) is 0 Å². The van der Waals surface area contributed by atoms with Crippen molar-refractivity contribution in [1.82, 2.24) is 4.90 Å². The van der Waals surface area contributed by atoms with E-state index in [-0.39, 0.29) is 12.5 Å². The summed E-state index contributed by atoms with van der Waals surface area (Å²) >= 11 is 5.10. The number of hydrogen-bond acceptors (Lipinski definition) is 4. The van der Waals surface area contributed by atoms with E-state index in [0.29, 0.717) is 24.3 Å². The van der Waals surface area contributed by atoms with Crippen LogP contribution < -0.4 is 5.32 Å². The van der Waals surface area contributed by atoms with Crippen LogP contribution in [0.15, 0.2) is 52.8 Å². The second kappa shape index (κ2) is 8.63. The number of benzene rings is 1. The summed E-state index contributed by atoms with van der Waals surface area (Å²) < 4.78 is 1.08. The van der Waals surface area contributed by atoms with E-state index >= 15 is 0 Å². The third kappa shape index (κ3) is 5.64. The molecule has 1 amide bonds. The Morgan fingerprint density at radius 1 is 1.35 bits per heavy atom. The smallest absolute Gasteiger partial charge is 0.238 e. The molecule has 4 nitrogen and oxygen atoms in total. The lowest BCUT2D eigenvalue weighted by Crippen LogP contribution is -2.32. The summed E-state index contributed by atoms with van der Waals surface area (Å²) in [6.07, 6.45) is 1.79. The molecule has 0 spiro atoms. The van der Waals surface area contributed by atoms with Gasteiger partial charge in [0, 0.05) is 23.7 Å². The van der Waals surface area contributed by atoms with Crippen molar-refractivity contribution in [3.63, 3.8) is 0 Å². The molecule has 2 aromatic rings. The van der Waals surface area contributed by atoms with E-state index in [9.17, 15) is 4.79 Å². The molecule has 0 bridgehead atoms. The van der Waals surface area contributed by atoms with E-state index in [1.165, 1.54) is 4.88 Å². The van der Waals surface area contributed by atoms with E-state index < -0.39 is 0 Å². The van der Waals surface area contributed by atoms with E-state index in [2.05, 4.69) is 33.9 Å². The number of hydrogen-bond donors (Lipinski definition) is 1. The Morgan fingerprint density at radius 2 is 2.09 bits per heavy atom. The first kappa shape index (κ1) is 17.4. The molecule has 23 heavy (non-hydrogen) atoms. The molecule has 0 unspecified atom stereocenters. The molecule has 0 atom stereocenters. The lowest BCUT2D eigenvalue weighted by molar-refractivity contribution is -0.117. The van der Waals surface area contributed by atoms with Crippen molar-refractivity contribution in [2.45, 2.75) is 6.54 Å². The molecule has 1 heterocycles. The number of halogens is 1. The first-order chi connectivity index (χ1) is 11.1. The Kier molecular flexibility index (Phi) is 6.53. The number of anilines is 1. The van der Waals surface area contributed by atoms with Gasteiger partial charge >= 0.3 is 0 Å². The topological polar surface area (TPSA) is 56.1 Å². The van der Waals surface area contributed by atoms with Crippen LogP contribution in [0.4, 0.5) is 5.69 Å². The van der Waals surface area contributed by atoms with Crippen LogP contribution in [0.3, 0.4) is 0 Å². The van der Waals surface area contributed by atoms with Gasteiger partial charge in [-0.25, -0.2) is 0 Å². The molecule has 0 fully saturated rings. The highest BCUT2D eigenvalue weighted by atomic mass is 79.9. The molecular formula is C17H16BrN3OS. The summed E-state index contributed by atoms with van der Waals surface area (Å²) in [4.78, 5) is 15.4. The highest BCUT2D eigenvalue weighted by molar-refractivity contribution is 9.11. The maximum atomic E-state index is 12.2. The predicted molar refractivity (Wildman–Crippen MR) is 97.3 cm³/mol. The van der Waals surface area contributed by atoms with E-state index in [4.69, 9.17) is 5.26 Å². The van der Waals surface area contributed by atoms with Crippen LogP contribution >= 0.6 is 27.3 Å². The molecule has 0 aliphatic rings. The van der Waals surface area contributed by atoms with Gasteiger partial charge in [0.25, 0.3) is 0 Å². The average molecular weight is 390 g/mol. The van der Waals surface area contributed by atoms with Gasteiger partial charge in [-0.3, -0.25) is 9.69 Å². The Hall–Kier alpha value is -1.94. The van der Waals surface area contributed by atoms with Gasteiger partial charge in [-0.05, 0) is 52.3 Å². The lowest BCUT2D eigenvalue weighted by Gasteiger charge is -2.19. The third-order valence-electron chi connectivity index (χ3n) is 3.06. The molecule has 0 aliphatic carbocycles. The van der Waals surface area contributed by atoms with Crippen molar-refractivity contribution in [1.29, 1.82) is 5.26 Å². The molecule has 1 aromatic heterocycles. The molecule has 0 radical (unpaired) electrons. The Balaban J connectivity index is 1.94. The van der Waals surface area contributed by atoms with Crippen LogP contribution in [0.5, 0.6) is 0 Å². The molecule has 1 aromatic carbocycles. The minimum atomic E-state index is -0.0906. The minimum Gasteiger partial charge on any atom is -0.325 e. The average Bonchev–Trinajstić information content (AvgIpc) is 2.93. The molecule has 2 rings (SSSR count). The second-order valence-corrected chi connectivity index (χ2v) is 7.45. The Morgan fingerprint density at radius 3 is 2.65 bits per heavy atom. The van der Waals surface area contributed by atoms with Crippen molar-refractivity contribution in [2.24, 2.45) is 0 Å². The Bertz CT molecular complexity index is 718. The number of nitriles is 1. The number of thiophene rings is 1. The van der Waals surface area contributed by atoms with Gasteiger partial charge < -0.3 is 5.32 Å². The van der Waals surface area contributed by atoms with Crippen molar-refractivity contribution in [3.05, 3.63) is 63.3 Å². The molecule has 118 valence electrons. The van der Waals surface area contributed by atoms with Gasteiger partial charge in [0.15, 0.2) is 0 Å². The summed E-state index contributed by atoms with van der Waals surface area (Å²) in [6.45, 7) is 5.36. The summed E-state index contributed by atoms with van der Waals surface area (Å²) in [7, 11) is 0. The van der Waals surface area contributed by atoms with Crippen LogP contribution in [-0.4, -0.2) is 23.9 Å². The Labute approximate surface area is 148 Å². The normalized spacial score (nSPS) is 10.3. The summed E-state index contributed by atoms with van der Waals surface area (Å²) in [6, 6.07) is 12.9. The van der Waals surface area contributed by atoms with Crippen molar-refractivity contribution >= 4 is 38.9 Å². The van der Waals surface area contributed by atoms with Gasteiger partial charge in [-0.15, -0.1) is 17.9 Å². The molecule has 0 saturated carbocycles. The standard InChI is InChI=1S/C17H16BrN3OS/c1-2-9-21(11-15-7-8-16(18)23-15)12-17(22)20-14-5-3-13(10-19)4-6-14/h2-8H,1,9,11-12H2,(H,20,22). The fourth-order valence-corrected chi connectivity index (χ4v) is 3.58. The second-order valence-electron chi connectivity index (χ2n) is 4.90. The number of amides is 1. The first-order valence-electron chi connectivity index (χ1n) is 6.98. The molecule has 1 N–H and O–H groups in total. The molecule has 0 saturated heterocycles. The van der Waals surface area contributed by atoms with Crippen molar-refractivity contribution < 1.29 is 4.79 Å². The van der Waals surface area contributed by atoms with E-state index in [0.717, 1.165) is 3.79 Å². The highest BCUT2D eigenvalue weighted by Gasteiger charge is 2.11. The fourth-order valence-electron chi connectivity index (χ4n) is 2.06. The van der Waals surface area contributed by atoms with Gasteiger partial charge in [0.05, 0.1) is 22.0 Å². The lowest BCUT2D eigenvalue weighted by atomic mass is 10.2. The zero-order valence-electron chi connectivity index (χ0n) is 12.5. The summed E-state index contributed by atoms with van der Waals surface area (Å²) in [5.74, 6) is -0.0906. The van der Waals surface area contributed by atoms with Gasteiger partial charge in [0.1, 0.15) is 0 Å². The van der Waals surface area contributed by atoms with Crippen LogP contribution in [0, 0.1) is 11.3 Å². The third-order valence-corrected chi connectivity index (χ3v) is 4.67. The molecular weight excluding hydrogens is 374 g/mol. The summed E-state index contributed by atoms with van der Waals surface area (Å²) in [5.41, 5.74) is 1.26. The number of nitrogens with zero attached hydrogens (tertiary/aromatic N) is 2. The van der Waals surface area contributed by atoms with Crippen molar-refractivity contribution in [2.75, 3.05) is 18.4 Å². The molecule has 0 aliphatic heterocycles. The molecule has 6 heteroatoms. The maximum Gasteiger partial charge on any atom is 0.238 e. The zero-order valence-corrected chi connectivity index (χ0v) is 14.9. The van der Waals surface area contributed by atoms with Gasteiger partial charge in [-0.1, -0.05) is 6.08 Å². The monoisotopic (exact) mass is 389 g/mol. The minimum absolute atomic E-state index is 0.0906. The number of carbonyl (C=O) groups is 1. The predicted octanol–water partition coefficient (Wildman–Crippen LogP) is 4.01. The quantitative estimate of drug-likeness (QED) is 0.727. The van der Waals surface area contributed by atoms with Crippen LogP contribution in [-0.2, 0) is 11.3 Å². The number of nitrogens with one attached hydrogen (secondary N) is 1. The van der Waals surface area contributed by atoms with Crippen LogP contribution in [0.1, 0.15) is 10.4 Å². The fraction of sp³-hybridized carbons (Fsp3) is 0.176. The summed E-state index contributed by atoms with van der Waals surface area (Å²) in [5, 5.41) is 11.6. The number of carbonyl (C=O) groups excluding carboxylic acids is 1.